The maximum atomic E-state index is 12.5. The molecular weight excluding hydrogens is 242 g/mol. The van der Waals surface area contributed by atoms with Gasteiger partial charge in [-0.05, 0) is 6.07 Å². The minimum atomic E-state index is -4.34. The van der Waals surface area contributed by atoms with Gasteiger partial charge in [0.25, 0.3) is 16.4 Å². The molecule has 0 aliphatic rings. The number of rotatable bonds is 2. The van der Waals surface area contributed by atoms with Crippen LogP contribution < -0.4 is 10.9 Å². The Balaban J connectivity index is 3.65. The summed E-state index contributed by atoms with van der Waals surface area (Å²) in [5.41, 5.74) is 3.17. The normalized spacial score (nSPS) is 11.4. The first-order chi connectivity index (χ1) is 7.27. The van der Waals surface area contributed by atoms with E-state index in [0.29, 0.717) is 6.07 Å². The predicted molar refractivity (Wildman–Crippen MR) is 49.7 cm³/mol. The second kappa shape index (κ2) is 3.99. The third kappa shape index (κ3) is 2.23. The average molecular weight is 248 g/mol. The van der Waals surface area contributed by atoms with Gasteiger partial charge in [-0.25, -0.2) is 27.3 Å². The Kier molecular flexibility index (Phi) is 3.06. The highest BCUT2D eigenvalue weighted by molar-refractivity contribution is 7.89. The molecule has 0 bridgehead atoms. The van der Waals surface area contributed by atoms with E-state index in [1.54, 1.807) is 0 Å². The van der Waals surface area contributed by atoms with E-state index in [9.17, 15) is 17.2 Å². The van der Waals surface area contributed by atoms with E-state index >= 15 is 0 Å². The number of hydrogen-bond donors (Lipinski definition) is 2. The van der Waals surface area contributed by atoms with Crippen LogP contribution in [0.3, 0.4) is 0 Å². The van der Waals surface area contributed by atoms with Crippen LogP contribution in [0.4, 0.5) is 14.5 Å². The Morgan fingerprint density at radius 1 is 1.50 bits per heavy atom. The number of alkyl halides is 2. The molecule has 1 aromatic rings. The maximum Gasteiger partial charge on any atom is 0.266 e. The lowest BCUT2D eigenvalue weighted by molar-refractivity contribution is 0.152. The molecule has 4 N–H and O–H groups in total. The molecule has 0 aliphatic heterocycles. The number of pyridine rings is 1. The Morgan fingerprint density at radius 3 is 2.44 bits per heavy atom. The van der Waals surface area contributed by atoms with E-state index in [1.165, 1.54) is 6.07 Å². The zero-order valence-corrected chi connectivity index (χ0v) is 8.50. The van der Waals surface area contributed by atoms with Crippen molar-refractivity contribution < 1.29 is 17.2 Å². The van der Waals surface area contributed by atoms with Crippen LogP contribution in [0, 0.1) is 11.3 Å². The lowest BCUT2D eigenvalue weighted by Crippen LogP contribution is -2.18. The van der Waals surface area contributed by atoms with Crippen molar-refractivity contribution in [1.82, 2.24) is 4.98 Å². The van der Waals surface area contributed by atoms with Crippen molar-refractivity contribution in [3.05, 3.63) is 17.3 Å². The fourth-order valence-corrected chi connectivity index (χ4v) is 1.66. The first-order valence-corrected chi connectivity index (χ1v) is 5.33. The van der Waals surface area contributed by atoms with E-state index in [0.717, 1.165) is 0 Å². The van der Waals surface area contributed by atoms with Gasteiger partial charge in [0.15, 0.2) is 5.03 Å². The third-order valence-corrected chi connectivity index (χ3v) is 2.52. The number of aromatic nitrogens is 1. The van der Waals surface area contributed by atoms with Crippen LogP contribution in [0.25, 0.3) is 0 Å². The topological polar surface area (TPSA) is 123 Å². The summed E-state index contributed by atoms with van der Waals surface area (Å²) >= 11 is 0. The minimum absolute atomic E-state index is 0.492. The molecule has 0 saturated carbocycles. The molecule has 0 atom stereocenters. The lowest BCUT2D eigenvalue weighted by atomic mass is 10.2. The quantitative estimate of drug-likeness (QED) is 0.769. The third-order valence-electron chi connectivity index (χ3n) is 1.67. The molecule has 1 heterocycles. The maximum absolute atomic E-state index is 12.5. The second-order valence-electron chi connectivity index (χ2n) is 2.77. The van der Waals surface area contributed by atoms with Gasteiger partial charge in [-0.1, -0.05) is 0 Å². The summed E-state index contributed by atoms with van der Waals surface area (Å²) in [6.45, 7) is 0. The second-order valence-corrected chi connectivity index (χ2v) is 4.25. The number of hydrogen-bond acceptors (Lipinski definition) is 5. The van der Waals surface area contributed by atoms with Crippen LogP contribution in [-0.4, -0.2) is 13.4 Å². The van der Waals surface area contributed by atoms with Crippen LogP contribution in [-0.2, 0) is 10.0 Å². The van der Waals surface area contributed by atoms with Crippen LogP contribution >= 0.6 is 0 Å². The zero-order chi connectivity index (χ0) is 12.5. The van der Waals surface area contributed by atoms with Crippen molar-refractivity contribution in [2.75, 3.05) is 5.73 Å². The summed E-state index contributed by atoms with van der Waals surface area (Å²) < 4.78 is 46.9. The van der Waals surface area contributed by atoms with Crippen LogP contribution in [0.1, 0.15) is 17.7 Å². The molecule has 0 aliphatic carbocycles. The highest BCUT2D eigenvalue weighted by Crippen LogP contribution is 2.29. The average Bonchev–Trinajstić information content (AvgIpc) is 2.15. The Hall–Kier alpha value is -1.79. The van der Waals surface area contributed by atoms with Gasteiger partial charge in [-0.15, -0.1) is 0 Å². The molecule has 0 radical (unpaired) electrons. The van der Waals surface area contributed by atoms with Gasteiger partial charge in [0, 0.05) is 5.56 Å². The molecule has 0 unspecified atom stereocenters. The van der Waals surface area contributed by atoms with Gasteiger partial charge in [-0.3, -0.25) is 0 Å². The minimum Gasteiger partial charge on any atom is -0.396 e. The number of nitrogen functional groups attached to an aromatic ring is 1. The van der Waals surface area contributed by atoms with Gasteiger partial charge >= 0.3 is 0 Å². The highest BCUT2D eigenvalue weighted by Gasteiger charge is 2.23. The number of anilines is 1. The monoisotopic (exact) mass is 248 g/mol. The molecule has 86 valence electrons. The fraction of sp³-hybridized carbons (Fsp3) is 0.143. The molecule has 1 aromatic heterocycles. The van der Waals surface area contributed by atoms with Gasteiger partial charge in [0.2, 0.25) is 0 Å². The summed E-state index contributed by atoms with van der Waals surface area (Å²) in [7, 11) is -4.34. The summed E-state index contributed by atoms with van der Waals surface area (Å²) in [4.78, 5) is 3.27. The number of nitriles is 1. The van der Waals surface area contributed by atoms with Gasteiger partial charge < -0.3 is 5.73 Å². The molecule has 0 spiro atoms. The first-order valence-electron chi connectivity index (χ1n) is 3.79. The molecule has 6 nitrogen and oxygen atoms in total. The highest BCUT2D eigenvalue weighted by atomic mass is 32.2. The molecule has 0 amide bonds. The first kappa shape index (κ1) is 12.3. The summed E-state index contributed by atoms with van der Waals surface area (Å²) in [5.74, 6) is 0. The Morgan fingerprint density at radius 2 is 2.06 bits per heavy atom. The van der Waals surface area contributed by atoms with E-state index < -0.39 is 38.4 Å². The van der Waals surface area contributed by atoms with Gasteiger partial charge in [0.1, 0.15) is 11.8 Å². The molecule has 9 heteroatoms. The molecular formula is C7H6F2N4O2S. The Labute approximate surface area is 89.5 Å². The SMILES string of the molecule is N#Cc1cc(C(F)F)c(N)c(S(N)(=O)=O)n1. The van der Waals surface area contributed by atoms with E-state index in [1.807, 2.05) is 0 Å². The number of nitrogens with zero attached hydrogens (tertiary/aromatic N) is 2. The number of sulfonamides is 1. The molecule has 16 heavy (non-hydrogen) atoms. The molecule has 0 aromatic carbocycles. The zero-order valence-electron chi connectivity index (χ0n) is 7.68. The van der Waals surface area contributed by atoms with Crippen LogP contribution in [0.15, 0.2) is 11.1 Å². The summed E-state index contributed by atoms with van der Waals surface area (Å²) in [5, 5.41) is 12.3. The molecule has 1 rings (SSSR count). The van der Waals surface area contributed by atoms with Gasteiger partial charge in [-0.2, -0.15) is 5.26 Å². The molecule has 0 fully saturated rings. The Bertz CT molecular complexity index is 564. The van der Waals surface area contributed by atoms with E-state index in [2.05, 4.69) is 4.98 Å². The predicted octanol–water partition coefficient (Wildman–Crippen LogP) is 0.120. The fourth-order valence-electron chi connectivity index (χ4n) is 1.01. The smallest absolute Gasteiger partial charge is 0.266 e. The van der Waals surface area contributed by atoms with Crippen molar-refractivity contribution in [1.29, 1.82) is 5.26 Å². The largest absolute Gasteiger partial charge is 0.396 e. The summed E-state index contributed by atoms with van der Waals surface area (Å²) in [6, 6.07) is 2.16. The molecule has 0 saturated heterocycles. The van der Waals surface area contributed by atoms with Crippen molar-refractivity contribution in [2.24, 2.45) is 5.14 Å². The number of nitrogens with two attached hydrogens (primary N) is 2. The van der Waals surface area contributed by atoms with Crippen molar-refractivity contribution in [3.63, 3.8) is 0 Å². The van der Waals surface area contributed by atoms with Crippen molar-refractivity contribution in [3.8, 4) is 6.07 Å². The van der Waals surface area contributed by atoms with Crippen molar-refractivity contribution >= 4 is 15.7 Å². The van der Waals surface area contributed by atoms with Crippen LogP contribution in [0.5, 0.6) is 0 Å². The van der Waals surface area contributed by atoms with Crippen molar-refractivity contribution in [2.45, 2.75) is 11.5 Å². The standard InChI is InChI=1S/C7H6F2N4O2S/c8-6(9)4-1-3(2-10)13-7(5(4)11)16(12,14)15/h1,6H,11H2,(H2,12,14,15). The van der Waals surface area contributed by atoms with E-state index in [-0.39, 0.29) is 0 Å². The lowest BCUT2D eigenvalue weighted by Gasteiger charge is -2.08. The van der Waals surface area contributed by atoms with Gasteiger partial charge in [0.05, 0.1) is 5.69 Å². The number of primary sulfonamides is 1. The van der Waals surface area contributed by atoms with E-state index in [4.69, 9.17) is 16.1 Å². The number of halogens is 2. The van der Waals surface area contributed by atoms with Crippen LogP contribution in [0.2, 0.25) is 0 Å². The summed E-state index contributed by atoms with van der Waals surface area (Å²) in [6.07, 6.45) is -3.02.